The Bertz CT molecular complexity index is 872. The van der Waals surface area contributed by atoms with Crippen molar-refractivity contribution in [1.82, 2.24) is 16.0 Å². The van der Waals surface area contributed by atoms with E-state index in [9.17, 15) is 9.59 Å². The number of aliphatic hydroxyl groups is 1. The third-order valence-electron chi connectivity index (χ3n) is 3.69. The molecule has 3 rings (SSSR count). The molecule has 1 saturated heterocycles. The number of hydrogen-bond donors (Lipinski definition) is 4. The van der Waals surface area contributed by atoms with E-state index >= 15 is 0 Å². The maximum atomic E-state index is 12.0. The van der Waals surface area contributed by atoms with Gasteiger partial charge < -0.3 is 15.7 Å². The molecule has 0 aliphatic carbocycles. The summed E-state index contributed by atoms with van der Waals surface area (Å²) >= 11 is 6.45. The van der Waals surface area contributed by atoms with Gasteiger partial charge in [-0.1, -0.05) is 12.1 Å². The standard InChI is InChI=1S/C18H17N3O3S2/c22-9-1-8-19-16(23)12-4-2-11(3-5-12)15-7-6-13(26-15)10-14-17(24)21-18(25)20-14/h2-7,10,22H,1,8-9H2,(H,19,23)(H2,20,21,24,25)/b14-10+. The predicted octanol–water partition coefficient (Wildman–Crippen LogP) is 1.87. The molecule has 1 aliphatic rings. The second-order valence-corrected chi connectivity index (χ2v) is 7.10. The highest BCUT2D eigenvalue weighted by molar-refractivity contribution is 7.80. The van der Waals surface area contributed by atoms with Crippen LogP contribution in [0.25, 0.3) is 16.5 Å². The van der Waals surface area contributed by atoms with Gasteiger partial charge in [-0.2, -0.15) is 0 Å². The van der Waals surface area contributed by atoms with Crippen LogP contribution < -0.4 is 16.0 Å². The van der Waals surface area contributed by atoms with Crippen molar-refractivity contribution in [1.29, 1.82) is 0 Å². The van der Waals surface area contributed by atoms with Gasteiger partial charge in [-0.15, -0.1) is 11.3 Å². The molecule has 0 spiro atoms. The molecule has 0 radical (unpaired) electrons. The summed E-state index contributed by atoms with van der Waals surface area (Å²) < 4.78 is 0. The molecule has 0 bridgehead atoms. The van der Waals surface area contributed by atoms with Crippen molar-refractivity contribution in [3.8, 4) is 10.4 Å². The molecular formula is C18H17N3O3S2. The Labute approximate surface area is 159 Å². The van der Waals surface area contributed by atoms with Crippen LogP contribution in [0, 0.1) is 0 Å². The maximum Gasteiger partial charge on any atom is 0.273 e. The summed E-state index contributed by atoms with van der Waals surface area (Å²) in [5.41, 5.74) is 2.00. The SMILES string of the molecule is O=C1NC(=S)N/C1=C/c1ccc(-c2ccc(C(=O)NCCCO)cc2)s1. The molecule has 1 aromatic carbocycles. The largest absolute Gasteiger partial charge is 0.396 e. The van der Waals surface area contributed by atoms with E-state index in [0.29, 0.717) is 29.3 Å². The lowest BCUT2D eigenvalue weighted by Crippen LogP contribution is -2.24. The summed E-state index contributed by atoms with van der Waals surface area (Å²) in [6.45, 7) is 0.504. The zero-order valence-corrected chi connectivity index (χ0v) is 15.4. The van der Waals surface area contributed by atoms with Crippen LogP contribution in [0.15, 0.2) is 42.1 Å². The number of benzene rings is 1. The quantitative estimate of drug-likeness (QED) is 0.345. The molecule has 0 saturated carbocycles. The predicted molar refractivity (Wildman–Crippen MR) is 106 cm³/mol. The first kappa shape index (κ1) is 18.2. The van der Waals surface area contributed by atoms with Gasteiger partial charge in [-0.05, 0) is 54.5 Å². The van der Waals surface area contributed by atoms with Crippen molar-refractivity contribution in [2.75, 3.05) is 13.2 Å². The number of carbonyl (C=O) groups excluding carboxylic acids is 2. The van der Waals surface area contributed by atoms with E-state index in [1.807, 2.05) is 24.3 Å². The number of nitrogens with one attached hydrogen (secondary N) is 3. The summed E-state index contributed by atoms with van der Waals surface area (Å²) in [4.78, 5) is 25.6. The van der Waals surface area contributed by atoms with Crippen molar-refractivity contribution in [2.45, 2.75) is 6.42 Å². The fourth-order valence-corrected chi connectivity index (χ4v) is 3.54. The number of carbonyl (C=O) groups is 2. The van der Waals surface area contributed by atoms with Crippen LogP contribution in [0.2, 0.25) is 0 Å². The Balaban J connectivity index is 1.70. The lowest BCUT2D eigenvalue weighted by Gasteiger charge is -2.05. The van der Waals surface area contributed by atoms with E-state index in [0.717, 1.165) is 15.3 Å². The van der Waals surface area contributed by atoms with Crippen LogP contribution in [0.4, 0.5) is 0 Å². The fraction of sp³-hybridized carbons (Fsp3) is 0.167. The highest BCUT2D eigenvalue weighted by Crippen LogP contribution is 2.29. The van der Waals surface area contributed by atoms with E-state index in [1.54, 1.807) is 18.2 Å². The summed E-state index contributed by atoms with van der Waals surface area (Å²) in [5, 5.41) is 17.2. The summed E-state index contributed by atoms with van der Waals surface area (Å²) in [6.07, 6.45) is 2.29. The maximum absolute atomic E-state index is 12.0. The molecular weight excluding hydrogens is 370 g/mol. The number of hydrogen-bond acceptors (Lipinski definition) is 5. The average molecular weight is 387 g/mol. The molecule has 2 amide bonds. The Morgan fingerprint density at radius 2 is 1.96 bits per heavy atom. The second kappa shape index (κ2) is 8.22. The van der Waals surface area contributed by atoms with Crippen LogP contribution in [0.5, 0.6) is 0 Å². The monoisotopic (exact) mass is 387 g/mol. The minimum Gasteiger partial charge on any atom is -0.396 e. The van der Waals surface area contributed by atoms with Gasteiger partial charge in [-0.25, -0.2) is 0 Å². The second-order valence-electron chi connectivity index (χ2n) is 5.58. The lowest BCUT2D eigenvalue weighted by molar-refractivity contribution is -0.115. The van der Waals surface area contributed by atoms with Crippen molar-refractivity contribution < 1.29 is 14.7 Å². The number of aliphatic hydroxyl groups excluding tert-OH is 1. The van der Waals surface area contributed by atoms with E-state index in [2.05, 4.69) is 16.0 Å². The van der Waals surface area contributed by atoms with Crippen molar-refractivity contribution in [3.05, 3.63) is 52.5 Å². The highest BCUT2D eigenvalue weighted by atomic mass is 32.1. The normalized spacial score (nSPS) is 15.0. The molecule has 4 N–H and O–H groups in total. The van der Waals surface area contributed by atoms with Gasteiger partial charge in [0, 0.05) is 28.5 Å². The van der Waals surface area contributed by atoms with Gasteiger partial charge in [0.2, 0.25) is 0 Å². The number of rotatable bonds is 6. The third kappa shape index (κ3) is 4.34. The first-order chi connectivity index (χ1) is 12.6. The van der Waals surface area contributed by atoms with E-state index in [4.69, 9.17) is 17.3 Å². The number of thiophene rings is 1. The molecule has 26 heavy (non-hydrogen) atoms. The van der Waals surface area contributed by atoms with E-state index in [1.165, 1.54) is 11.3 Å². The molecule has 1 aromatic heterocycles. The molecule has 8 heteroatoms. The van der Waals surface area contributed by atoms with Crippen molar-refractivity contribution in [3.63, 3.8) is 0 Å². The Morgan fingerprint density at radius 1 is 1.19 bits per heavy atom. The lowest BCUT2D eigenvalue weighted by atomic mass is 10.1. The van der Waals surface area contributed by atoms with Gasteiger partial charge in [0.15, 0.2) is 5.11 Å². The molecule has 0 atom stereocenters. The first-order valence-electron chi connectivity index (χ1n) is 8.00. The van der Waals surface area contributed by atoms with Crippen LogP contribution in [0.3, 0.4) is 0 Å². The topological polar surface area (TPSA) is 90.5 Å². The van der Waals surface area contributed by atoms with Crippen LogP contribution in [-0.4, -0.2) is 35.2 Å². The van der Waals surface area contributed by atoms with E-state index in [-0.39, 0.29) is 18.4 Å². The first-order valence-corrected chi connectivity index (χ1v) is 9.22. The molecule has 2 aromatic rings. The van der Waals surface area contributed by atoms with Gasteiger partial charge in [0.1, 0.15) is 5.70 Å². The van der Waals surface area contributed by atoms with Gasteiger partial charge in [-0.3, -0.25) is 14.9 Å². The third-order valence-corrected chi connectivity index (χ3v) is 4.97. The van der Waals surface area contributed by atoms with Crippen LogP contribution in [0.1, 0.15) is 21.7 Å². The summed E-state index contributed by atoms with van der Waals surface area (Å²) in [7, 11) is 0. The Hall–Kier alpha value is -2.55. The smallest absolute Gasteiger partial charge is 0.273 e. The van der Waals surface area contributed by atoms with E-state index < -0.39 is 0 Å². The van der Waals surface area contributed by atoms with Crippen molar-refractivity contribution >= 4 is 46.6 Å². The molecule has 134 valence electrons. The van der Waals surface area contributed by atoms with Crippen molar-refractivity contribution in [2.24, 2.45) is 0 Å². The van der Waals surface area contributed by atoms with Crippen LogP contribution >= 0.6 is 23.6 Å². The van der Waals surface area contributed by atoms with Gasteiger partial charge in [0.05, 0.1) is 0 Å². The zero-order chi connectivity index (χ0) is 18.5. The minimum absolute atomic E-state index is 0.0546. The number of thiocarbonyl (C=S) groups is 1. The summed E-state index contributed by atoms with van der Waals surface area (Å²) in [5.74, 6) is -0.391. The highest BCUT2D eigenvalue weighted by Gasteiger charge is 2.20. The molecule has 6 nitrogen and oxygen atoms in total. The van der Waals surface area contributed by atoms with Gasteiger partial charge in [0.25, 0.3) is 11.8 Å². The molecule has 1 aliphatic heterocycles. The summed E-state index contributed by atoms with van der Waals surface area (Å²) in [6, 6.07) is 11.2. The number of amides is 2. The average Bonchev–Trinajstić information content (AvgIpc) is 3.22. The fourth-order valence-electron chi connectivity index (χ4n) is 2.38. The molecule has 0 unspecified atom stereocenters. The van der Waals surface area contributed by atoms with Gasteiger partial charge >= 0.3 is 0 Å². The zero-order valence-electron chi connectivity index (χ0n) is 13.7. The minimum atomic E-state index is -0.235. The molecule has 1 fully saturated rings. The Morgan fingerprint density at radius 3 is 2.62 bits per heavy atom. The Kier molecular flexibility index (Phi) is 5.77. The molecule has 2 heterocycles. The van der Waals surface area contributed by atoms with Crippen LogP contribution in [-0.2, 0) is 4.79 Å².